The van der Waals surface area contributed by atoms with Crippen molar-refractivity contribution in [2.45, 2.75) is 45.7 Å². The number of para-hydroxylation sites is 1. The van der Waals surface area contributed by atoms with Crippen molar-refractivity contribution >= 4 is 28.6 Å². The number of fused-ring (bicyclic) bond motifs is 1. The Morgan fingerprint density at radius 1 is 0.974 bits per heavy atom. The number of carbonyl (C=O) groups is 3. The minimum atomic E-state index is -0.931. The van der Waals surface area contributed by atoms with E-state index in [2.05, 4.69) is 39.4 Å². The second-order valence-corrected chi connectivity index (χ2v) is 10.3. The first-order chi connectivity index (χ1) is 18.7. The van der Waals surface area contributed by atoms with Crippen LogP contribution in [0.15, 0.2) is 67.0 Å². The number of imidazole rings is 1. The quantitative estimate of drug-likeness (QED) is 0.235. The molecule has 0 unspecified atom stereocenters. The van der Waals surface area contributed by atoms with E-state index in [4.69, 9.17) is 0 Å². The molecule has 39 heavy (non-hydrogen) atoms. The second kappa shape index (κ2) is 12.5. The van der Waals surface area contributed by atoms with Gasteiger partial charge >= 0.3 is 0 Å². The van der Waals surface area contributed by atoms with Crippen molar-refractivity contribution in [2.24, 2.45) is 5.92 Å². The molecule has 9 nitrogen and oxygen atoms in total. The number of aromatic amines is 2. The van der Waals surface area contributed by atoms with Gasteiger partial charge in [-0.3, -0.25) is 24.6 Å². The zero-order valence-corrected chi connectivity index (χ0v) is 22.8. The Morgan fingerprint density at radius 2 is 1.69 bits per heavy atom. The summed E-state index contributed by atoms with van der Waals surface area (Å²) in [5.74, 6) is -0.421. The Kier molecular flexibility index (Phi) is 8.93. The van der Waals surface area contributed by atoms with Gasteiger partial charge in [0.15, 0.2) is 0 Å². The SMILES string of the molecule is CC(C)CCN(C)[C@H](Cc1c[nH]c2ccccc12)C(=O)NC(=O)[C@H](C)NC(=O)c1cnc(-c2ccccc2)[nH]1. The van der Waals surface area contributed by atoms with Crippen molar-refractivity contribution in [3.63, 3.8) is 0 Å². The van der Waals surface area contributed by atoms with Gasteiger partial charge in [-0.1, -0.05) is 62.4 Å². The summed E-state index contributed by atoms with van der Waals surface area (Å²) < 4.78 is 0. The molecule has 0 saturated carbocycles. The van der Waals surface area contributed by atoms with Crippen molar-refractivity contribution < 1.29 is 14.4 Å². The molecule has 0 fully saturated rings. The molecule has 2 heterocycles. The third kappa shape index (κ3) is 7.00. The third-order valence-corrected chi connectivity index (χ3v) is 6.84. The largest absolute Gasteiger partial charge is 0.361 e. The number of imide groups is 1. The molecule has 204 valence electrons. The van der Waals surface area contributed by atoms with Crippen LogP contribution in [0, 0.1) is 5.92 Å². The predicted molar refractivity (Wildman–Crippen MR) is 152 cm³/mol. The summed E-state index contributed by atoms with van der Waals surface area (Å²) in [6, 6.07) is 15.9. The van der Waals surface area contributed by atoms with E-state index >= 15 is 0 Å². The normalized spacial score (nSPS) is 13.0. The number of rotatable bonds is 11. The molecule has 4 N–H and O–H groups in total. The fraction of sp³-hybridized carbons (Fsp3) is 0.333. The van der Waals surface area contributed by atoms with E-state index < -0.39 is 29.8 Å². The number of nitrogens with one attached hydrogen (secondary N) is 4. The average Bonchev–Trinajstić information content (AvgIpc) is 3.58. The molecule has 0 aliphatic heterocycles. The highest BCUT2D eigenvalue weighted by atomic mass is 16.2. The molecule has 2 atom stereocenters. The van der Waals surface area contributed by atoms with Crippen LogP contribution in [0.4, 0.5) is 0 Å². The van der Waals surface area contributed by atoms with Crippen molar-refractivity contribution in [1.29, 1.82) is 0 Å². The first-order valence-corrected chi connectivity index (χ1v) is 13.2. The molecule has 2 aromatic heterocycles. The molecule has 9 heteroatoms. The van der Waals surface area contributed by atoms with Gasteiger partial charge in [-0.25, -0.2) is 4.98 Å². The molecule has 0 aliphatic carbocycles. The van der Waals surface area contributed by atoms with Crippen LogP contribution in [0.1, 0.15) is 43.2 Å². The lowest BCUT2D eigenvalue weighted by Crippen LogP contribution is -2.53. The van der Waals surface area contributed by atoms with Crippen molar-refractivity contribution in [1.82, 2.24) is 30.5 Å². The molecule has 0 radical (unpaired) electrons. The molecular formula is C30H36N6O3. The van der Waals surface area contributed by atoms with Gasteiger partial charge in [0.2, 0.25) is 11.8 Å². The Balaban J connectivity index is 1.41. The maximum Gasteiger partial charge on any atom is 0.270 e. The number of likely N-dealkylation sites (N-methyl/N-ethyl adjacent to an activating group) is 1. The first kappa shape index (κ1) is 27.8. The molecule has 0 aliphatic rings. The van der Waals surface area contributed by atoms with E-state index in [1.165, 1.54) is 6.20 Å². The second-order valence-electron chi connectivity index (χ2n) is 10.3. The lowest BCUT2D eigenvalue weighted by atomic mass is 10.0. The summed E-state index contributed by atoms with van der Waals surface area (Å²) >= 11 is 0. The van der Waals surface area contributed by atoms with E-state index in [1.54, 1.807) is 6.92 Å². The van der Waals surface area contributed by atoms with Gasteiger partial charge < -0.3 is 15.3 Å². The predicted octanol–water partition coefficient (Wildman–Crippen LogP) is 3.91. The molecule has 4 aromatic rings. The molecule has 4 rings (SSSR count). The van der Waals surface area contributed by atoms with E-state index in [9.17, 15) is 14.4 Å². The minimum Gasteiger partial charge on any atom is -0.361 e. The van der Waals surface area contributed by atoms with Crippen LogP contribution in [-0.2, 0) is 16.0 Å². The standard InChI is InChI=1S/C30H36N6O3/c1-19(2)14-15-36(4)26(16-22-17-31-24-13-9-8-12-23(22)24)30(39)35-28(37)20(3)33-29(38)25-18-32-27(34-25)21-10-6-5-7-11-21/h5-13,17-20,26,31H,14-16H2,1-4H3,(H,32,34)(H,33,38)(H,35,37,39)/t20-,26+/m0/s1. The summed E-state index contributed by atoms with van der Waals surface area (Å²) in [5.41, 5.74) is 3.07. The maximum absolute atomic E-state index is 13.4. The number of carbonyl (C=O) groups excluding carboxylic acids is 3. The molecule has 0 bridgehead atoms. The monoisotopic (exact) mass is 528 g/mol. The number of hydrogen-bond donors (Lipinski definition) is 4. The van der Waals surface area contributed by atoms with Crippen LogP contribution in [0.25, 0.3) is 22.3 Å². The van der Waals surface area contributed by atoms with Crippen molar-refractivity contribution in [3.8, 4) is 11.4 Å². The smallest absolute Gasteiger partial charge is 0.270 e. The van der Waals surface area contributed by atoms with Crippen LogP contribution in [0.3, 0.4) is 0 Å². The lowest BCUT2D eigenvalue weighted by molar-refractivity contribution is -0.134. The van der Waals surface area contributed by atoms with Gasteiger partial charge in [-0.15, -0.1) is 0 Å². The summed E-state index contributed by atoms with van der Waals surface area (Å²) in [6.07, 6.45) is 4.70. The van der Waals surface area contributed by atoms with Gasteiger partial charge in [-0.2, -0.15) is 0 Å². The molecular weight excluding hydrogens is 492 g/mol. The first-order valence-electron chi connectivity index (χ1n) is 13.2. The highest BCUT2D eigenvalue weighted by Gasteiger charge is 2.28. The van der Waals surface area contributed by atoms with E-state index in [0.29, 0.717) is 24.7 Å². The molecule has 0 saturated heterocycles. The fourth-order valence-electron chi connectivity index (χ4n) is 4.41. The topological polar surface area (TPSA) is 123 Å². The van der Waals surface area contributed by atoms with Crippen LogP contribution in [-0.4, -0.2) is 63.2 Å². The van der Waals surface area contributed by atoms with E-state index in [-0.39, 0.29) is 5.69 Å². The number of H-pyrrole nitrogens is 2. The van der Waals surface area contributed by atoms with Gasteiger partial charge in [0.1, 0.15) is 17.6 Å². The van der Waals surface area contributed by atoms with Crippen LogP contribution in [0.2, 0.25) is 0 Å². The zero-order chi connectivity index (χ0) is 27.9. The van der Waals surface area contributed by atoms with Gasteiger partial charge in [0, 0.05) is 22.7 Å². The van der Waals surface area contributed by atoms with E-state index in [0.717, 1.165) is 28.5 Å². The molecule has 2 aromatic carbocycles. The number of nitrogens with zero attached hydrogens (tertiary/aromatic N) is 2. The van der Waals surface area contributed by atoms with E-state index in [1.807, 2.05) is 72.7 Å². The van der Waals surface area contributed by atoms with Crippen LogP contribution >= 0.6 is 0 Å². The summed E-state index contributed by atoms with van der Waals surface area (Å²) in [6.45, 7) is 6.53. The molecule has 3 amide bonds. The highest BCUT2D eigenvalue weighted by Crippen LogP contribution is 2.21. The fourth-order valence-corrected chi connectivity index (χ4v) is 4.41. The molecule has 0 spiro atoms. The third-order valence-electron chi connectivity index (χ3n) is 6.84. The van der Waals surface area contributed by atoms with Gasteiger partial charge in [0.25, 0.3) is 5.91 Å². The minimum absolute atomic E-state index is 0.227. The van der Waals surface area contributed by atoms with Crippen LogP contribution < -0.4 is 10.6 Å². The van der Waals surface area contributed by atoms with Gasteiger partial charge in [-0.05, 0) is 50.9 Å². The summed E-state index contributed by atoms with van der Waals surface area (Å²) in [7, 11) is 1.90. The van der Waals surface area contributed by atoms with Crippen molar-refractivity contribution in [3.05, 3.63) is 78.2 Å². The Morgan fingerprint density at radius 3 is 2.44 bits per heavy atom. The number of benzene rings is 2. The summed E-state index contributed by atoms with van der Waals surface area (Å²) in [4.78, 5) is 51.6. The van der Waals surface area contributed by atoms with Crippen molar-refractivity contribution in [2.75, 3.05) is 13.6 Å². The number of aromatic nitrogens is 3. The number of amides is 3. The Bertz CT molecular complexity index is 1420. The van der Waals surface area contributed by atoms with Crippen LogP contribution in [0.5, 0.6) is 0 Å². The zero-order valence-electron chi connectivity index (χ0n) is 22.8. The number of hydrogen-bond acceptors (Lipinski definition) is 5. The average molecular weight is 529 g/mol. The van der Waals surface area contributed by atoms with Gasteiger partial charge in [0.05, 0.1) is 12.2 Å². The Labute approximate surface area is 228 Å². The highest BCUT2D eigenvalue weighted by molar-refractivity contribution is 6.02. The Hall–Kier alpha value is -4.24. The summed E-state index contributed by atoms with van der Waals surface area (Å²) in [5, 5.41) is 6.23. The maximum atomic E-state index is 13.4. The lowest BCUT2D eigenvalue weighted by Gasteiger charge is -2.28.